The van der Waals surface area contributed by atoms with E-state index in [0.29, 0.717) is 37.4 Å². The normalized spacial score (nSPS) is 16.5. The van der Waals surface area contributed by atoms with Crippen LogP contribution in [0.3, 0.4) is 0 Å². The lowest BCUT2D eigenvalue weighted by Gasteiger charge is -2.32. The van der Waals surface area contributed by atoms with Crippen molar-refractivity contribution in [3.8, 4) is 5.75 Å². The molecular weight excluding hydrogens is 361 g/mol. The first-order valence-corrected chi connectivity index (χ1v) is 9.40. The van der Waals surface area contributed by atoms with Crippen LogP contribution in [-0.4, -0.2) is 41.9 Å². The van der Waals surface area contributed by atoms with Crippen molar-refractivity contribution in [2.24, 2.45) is 5.92 Å². The molecule has 0 saturated carbocycles. The molecule has 6 nitrogen and oxygen atoms in total. The smallest absolute Gasteiger partial charge is 0.272 e. The van der Waals surface area contributed by atoms with Gasteiger partial charge in [0.25, 0.3) is 5.91 Å². The molecule has 3 rings (SSSR count). The summed E-state index contributed by atoms with van der Waals surface area (Å²) in [5.41, 5.74) is 0.550. The Morgan fingerprint density at radius 1 is 1.32 bits per heavy atom. The van der Waals surface area contributed by atoms with Crippen LogP contribution in [0.5, 0.6) is 5.75 Å². The van der Waals surface area contributed by atoms with Crippen LogP contribution in [0.15, 0.2) is 42.6 Å². The Bertz CT molecular complexity index is 843. The van der Waals surface area contributed by atoms with Crippen molar-refractivity contribution >= 4 is 17.5 Å². The van der Waals surface area contributed by atoms with Crippen molar-refractivity contribution in [2.75, 3.05) is 25.5 Å². The predicted octanol–water partition coefficient (Wildman–Crippen LogP) is 3.50. The maximum atomic E-state index is 13.6. The summed E-state index contributed by atoms with van der Waals surface area (Å²) in [4.78, 5) is 30.8. The van der Waals surface area contributed by atoms with Crippen molar-refractivity contribution in [1.29, 1.82) is 0 Å². The zero-order valence-electron chi connectivity index (χ0n) is 15.9. The first kappa shape index (κ1) is 19.8. The molecule has 1 aromatic carbocycles. The number of benzene rings is 1. The number of likely N-dealkylation sites (tertiary alicyclic amines) is 1. The van der Waals surface area contributed by atoms with Crippen LogP contribution in [0.2, 0.25) is 0 Å². The van der Waals surface area contributed by atoms with Gasteiger partial charge < -0.3 is 15.0 Å². The largest absolute Gasteiger partial charge is 0.497 e. The number of piperidine rings is 1. The molecule has 2 amide bonds. The maximum absolute atomic E-state index is 13.6. The maximum Gasteiger partial charge on any atom is 0.272 e. The summed E-state index contributed by atoms with van der Waals surface area (Å²) < 4.78 is 18.8. The highest BCUT2D eigenvalue weighted by Gasteiger charge is 2.25. The van der Waals surface area contributed by atoms with Gasteiger partial charge in [0, 0.05) is 31.8 Å². The quantitative estimate of drug-likeness (QED) is 0.826. The van der Waals surface area contributed by atoms with Gasteiger partial charge in [0.2, 0.25) is 5.91 Å². The van der Waals surface area contributed by atoms with E-state index in [4.69, 9.17) is 4.74 Å². The molecule has 1 aliphatic heterocycles. The molecular formula is C21H24FN3O3. The van der Waals surface area contributed by atoms with E-state index >= 15 is 0 Å². The fourth-order valence-electron chi connectivity index (χ4n) is 3.41. The molecule has 0 spiro atoms. The number of hydrogen-bond acceptors (Lipinski definition) is 4. The molecule has 1 N–H and O–H groups in total. The standard InChI is InChI=1S/C21H24FN3O3/c1-28-16-10-11-23-19(13-16)21(27)25-12-4-5-15(14-25)8-9-20(26)24-18-7-3-2-6-17(18)22/h2-3,6-7,10-11,13,15H,4-5,8-9,12,14H2,1H3,(H,24,26)/t15-/m0/s1. The van der Waals surface area contributed by atoms with Crippen LogP contribution >= 0.6 is 0 Å². The number of methoxy groups -OCH3 is 1. The number of anilines is 1. The monoisotopic (exact) mass is 385 g/mol. The zero-order chi connectivity index (χ0) is 19.9. The van der Waals surface area contributed by atoms with Crippen molar-refractivity contribution < 1.29 is 18.7 Å². The van der Waals surface area contributed by atoms with Gasteiger partial charge in [-0.15, -0.1) is 0 Å². The summed E-state index contributed by atoms with van der Waals surface area (Å²) in [6.45, 7) is 1.26. The van der Waals surface area contributed by atoms with E-state index in [1.165, 1.54) is 12.1 Å². The molecule has 28 heavy (non-hydrogen) atoms. The molecule has 7 heteroatoms. The van der Waals surface area contributed by atoms with Crippen LogP contribution in [0.4, 0.5) is 10.1 Å². The average Bonchev–Trinajstić information content (AvgIpc) is 2.73. The lowest BCUT2D eigenvalue weighted by molar-refractivity contribution is -0.116. The SMILES string of the molecule is COc1ccnc(C(=O)N2CCC[C@@H](CCC(=O)Nc3ccccc3F)C2)c1. The van der Waals surface area contributed by atoms with Gasteiger partial charge in [-0.05, 0) is 43.4 Å². The van der Waals surface area contributed by atoms with Gasteiger partial charge in [-0.3, -0.25) is 14.6 Å². The number of carbonyl (C=O) groups is 2. The molecule has 0 aliphatic carbocycles. The minimum Gasteiger partial charge on any atom is -0.497 e. The number of hydrogen-bond donors (Lipinski definition) is 1. The molecule has 1 aliphatic rings. The predicted molar refractivity (Wildman–Crippen MR) is 104 cm³/mol. The Hall–Kier alpha value is -2.96. The van der Waals surface area contributed by atoms with E-state index in [9.17, 15) is 14.0 Å². The molecule has 0 radical (unpaired) electrons. The second-order valence-corrected chi connectivity index (χ2v) is 6.91. The number of nitrogens with zero attached hydrogens (tertiary/aromatic N) is 2. The molecule has 0 unspecified atom stereocenters. The third-order valence-corrected chi connectivity index (χ3v) is 4.92. The second-order valence-electron chi connectivity index (χ2n) is 6.91. The molecule has 1 atom stereocenters. The number of para-hydroxylation sites is 1. The first-order valence-electron chi connectivity index (χ1n) is 9.40. The van der Waals surface area contributed by atoms with E-state index in [2.05, 4.69) is 10.3 Å². The number of rotatable bonds is 6. The summed E-state index contributed by atoms with van der Waals surface area (Å²) in [5.74, 6) is 0.0323. The summed E-state index contributed by atoms with van der Waals surface area (Å²) in [7, 11) is 1.55. The van der Waals surface area contributed by atoms with Gasteiger partial charge in [-0.25, -0.2) is 4.39 Å². The molecule has 1 saturated heterocycles. The Labute approximate surface area is 163 Å². The number of carbonyl (C=O) groups excluding carboxylic acids is 2. The van der Waals surface area contributed by atoms with Gasteiger partial charge in [-0.2, -0.15) is 0 Å². The minimum absolute atomic E-state index is 0.126. The molecule has 148 valence electrons. The van der Waals surface area contributed by atoms with Crippen LogP contribution in [0.1, 0.15) is 36.2 Å². The summed E-state index contributed by atoms with van der Waals surface area (Å²) >= 11 is 0. The van der Waals surface area contributed by atoms with Gasteiger partial charge in [0.15, 0.2) is 0 Å². The first-order chi connectivity index (χ1) is 13.6. The Kier molecular flexibility index (Phi) is 6.57. The molecule has 1 fully saturated rings. The Balaban J connectivity index is 1.52. The van der Waals surface area contributed by atoms with Crippen molar-refractivity contribution in [3.05, 3.63) is 54.1 Å². The number of ether oxygens (including phenoxy) is 1. The number of halogens is 1. The van der Waals surface area contributed by atoms with Gasteiger partial charge in [-0.1, -0.05) is 12.1 Å². The topological polar surface area (TPSA) is 71.5 Å². The van der Waals surface area contributed by atoms with Crippen LogP contribution in [-0.2, 0) is 4.79 Å². The summed E-state index contributed by atoms with van der Waals surface area (Å²) in [6, 6.07) is 9.44. The van der Waals surface area contributed by atoms with Gasteiger partial charge in [0.1, 0.15) is 17.3 Å². The second kappa shape index (κ2) is 9.30. The van der Waals surface area contributed by atoms with E-state index in [0.717, 1.165) is 12.8 Å². The number of aromatic nitrogens is 1. The van der Waals surface area contributed by atoms with Crippen molar-refractivity contribution in [3.63, 3.8) is 0 Å². The van der Waals surface area contributed by atoms with E-state index < -0.39 is 5.82 Å². The van der Waals surface area contributed by atoms with Crippen LogP contribution < -0.4 is 10.1 Å². The van der Waals surface area contributed by atoms with Gasteiger partial charge in [0.05, 0.1) is 12.8 Å². The van der Waals surface area contributed by atoms with E-state index in [-0.39, 0.29) is 23.4 Å². The lowest BCUT2D eigenvalue weighted by Crippen LogP contribution is -2.40. The van der Waals surface area contributed by atoms with Crippen LogP contribution in [0.25, 0.3) is 0 Å². The average molecular weight is 385 g/mol. The third-order valence-electron chi connectivity index (χ3n) is 4.92. The number of amides is 2. The molecule has 2 aromatic rings. The fourth-order valence-corrected chi connectivity index (χ4v) is 3.41. The summed E-state index contributed by atoms with van der Waals surface area (Å²) in [5, 5.41) is 2.60. The Morgan fingerprint density at radius 2 is 2.14 bits per heavy atom. The van der Waals surface area contributed by atoms with Gasteiger partial charge >= 0.3 is 0 Å². The lowest BCUT2D eigenvalue weighted by atomic mass is 9.93. The highest BCUT2D eigenvalue weighted by molar-refractivity contribution is 5.93. The minimum atomic E-state index is -0.448. The molecule has 1 aromatic heterocycles. The van der Waals surface area contributed by atoms with Crippen LogP contribution in [0, 0.1) is 11.7 Å². The molecule has 2 heterocycles. The number of nitrogens with one attached hydrogen (secondary N) is 1. The summed E-state index contributed by atoms with van der Waals surface area (Å²) in [6.07, 6.45) is 4.34. The van der Waals surface area contributed by atoms with Crippen molar-refractivity contribution in [1.82, 2.24) is 9.88 Å². The fraction of sp³-hybridized carbons (Fsp3) is 0.381. The zero-order valence-corrected chi connectivity index (χ0v) is 15.9. The highest BCUT2D eigenvalue weighted by atomic mass is 19.1. The Morgan fingerprint density at radius 3 is 2.93 bits per heavy atom. The van der Waals surface area contributed by atoms with E-state index in [1.54, 1.807) is 42.5 Å². The van der Waals surface area contributed by atoms with E-state index in [1.807, 2.05) is 0 Å². The molecule has 0 bridgehead atoms. The van der Waals surface area contributed by atoms with Crippen molar-refractivity contribution in [2.45, 2.75) is 25.7 Å². The number of pyridine rings is 1. The third kappa shape index (κ3) is 5.06. The highest BCUT2D eigenvalue weighted by Crippen LogP contribution is 2.23.